The number of benzene rings is 1. The molecule has 25 heavy (non-hydrogen) atoms. The van der Waals surface area contributed by atoms with Crippen molar-refractivity contribution < 1.29 is 23.9 Å². The topological polar surface area (TPSA) is 84.9 Å². The number of hydrogen-bond acceptors (Lipinski definition) is 5. The number of carbonyl (C=O) groups is 3. The first-order valence-corrected chi connectivity index (χ1v) is 8.29. The molecular formula is C18H26N2O5. The number of hydrogen-bond donors (Lipinski definition) is 1. The van der Waals surface area contributed by atoms with Crippen molar-refractivity contribution in [2.24, 2.45) is 0 Å². The van der Waals surface area contributed by atoms with Crippen molar-refractivity contribution in [1.29, 1.82) is 0 Å². The van der Waals surface area contributed by atoms with E-state index in [1.165, 1.54) is 14.0 Å². The van der Waals surface area contributed by atoms with Crippen molar-refractivity contribution in [3.63, 3.8) is 0 Å². The molecule has 1 aromatic carbocycles. The number of nitrogens with one attached hydrogen (secondary N) is 1. The van der Waals surface area contributed by atoms with Gasteiger partial charge in [0.1, 0.15) is 0 Å². The lowest BCUT2D eigenvalue weighted by Crippen LogP contribution is -2.34. The van der Waals surface area contributed by atoms with Gasteiger partial charge in [-0.15, -0.1) is 0 Å². The first-order valence-electron chi connectivity index (χ1n) is 8.29. The van der Waals surface area contributed by atoms with Crippen molar-refractivity contribution in [2.75, 3.05) is 38.7 Å². The van der Waals surface area contributed by atoms with Crippen LogP contribution < -0.4 is 5.32 Å². The first-order chi connectivity index (χ1) is 12.0. The summed E-state index contributed by atoms with van der Waals surface area (Å²) >= 11 is 0. The highest BCUT2D eigenvalue weighted by Gasteiger charge is 2.17. The molecule has 2 amide bonds. The largest absolute Gasteiger partial charge is 0.469 e. The third-order valence-corrected chi connectivity index (χ3v) is 3.45. The van der Waals surface area contributed by atoms with E-state index in [-0.39, 0.29) is 30.7 Å². The maximum atomic E-state index is 12.8. The summed E-state index contributed by atoms with van der Waals surface area (Å²) in [5.41, 5.74) is 1.01. The van der Waals surface area contributed by atoms with E-state index < -0.39 is 0 Å². The first kappa shape index (κ1) is 20.6. The van der Waals surface area contributed by atoms with Crippen LogP contribution in [0.25, 0.3) is 0 Å². The molecule has 0 heterocycles. The fraction of sp³-hybridized carbons (Fsp3) is 0.500. The van der Waals surface area contributed by atoms with Gasteiger partial charge in [0.05, 0.1) is 13.5 Å². The second-order valence-corrected chi connectivity index (χ2v) is 5.43. The van der Waals surface area contributed by atoms with Crippen molar-refractivity contribution in [3.05, 3.63) is 29.8 Å². The van der Waals surface area contributed by atoms with Gasteiger partial charge in [0.2, 0.25) is 5.91 Å². The fourth-order valence-corrected chi connectivity index (χ4v) is 2.26. The normalized spacial score (nSPS) is 10.2. The Morgan fingerprint density at radius 2 is 1.96 bits per heavy atom. The number of methoxy groups -OCH3 is 1. The average Bonchev–Trinajstić information content (AvgIpc) is 2.60. The summed E-state index contributed by atoms with van der Waals surface area (Å²) in [5, 5.41) is 2.65. The standard InChI is InChI=1S/C18H26N2O5/c1-4-25-12-6-10-20(11-9-17(22)24-3)18(23)15-7-5-8-16(13-15)19-14(2)21/h5,7-8,13H,4,6,9-12H2,1-3H3,(H,19,21). The molecule has 0 saturated carbocycles. The minimum absolute atomic E-state index is 0.127. The van der Waals surface area contributed by atoms with Gasteiger partial charge < -0.3 is 19.7 Å². The lowest BCUT2D eigenvalue weighted by molar-refractivity contribution is -0.140. The molecule has 7 nitrogen and oxygen atoms in total. The summed E-state index contributed by atoms with van der Waals surface area (Å²) in [7, 11) is 1.32. The Bertz CT molecular complexity index is 589. The maximum Gasteiger partial charge on any atom is 0.307 e. The number of ether oxygens (including phenoxy) is 2. The average molecular weight is 350 g/mol. The van der Waals surface area contributed by atoms with Gasteiger partial charge in [-0.05, 0) is 31.5 Å². The molecule has 0 fully saturated rings. The Kier molecular flexibility index (Phi) is 9.24. The number of amides is 2. The molecule has 0 aromatic heterocycles. The fourth-order valence-electron chi connectivity index (χ4n) is 2.26. The Morgan fingerprint density at radius 3 is 2.60 bits per heavy atom. The van der Waals surface area contributed by atoms with Crippen LogP contribution in [0.2, 0.25) is 0 Å². The van der Waals surface area contributed by atoms with Gasteiger partial charge in [-0.1, -0.05) is 6.07 Å². The van der Waals surface area contributed by atoms with Gasteiger partial charge in [0, 0.05) is 44.5 Å². The van der Waals surface area contributed by atoms with Crippen LogP contribution in [0.4, 0.5) is 5.69 Å². The molecule has 1 N–H and O–H groups in total. The zero-order valence-electron chi connectivity index (χ0n) is 15.0. The molecule has 0 aliphatic carbocycles. The number of anilines is 1. The molecule has 1 aromatic rings. The highest BCUT2D eigenvalue weighted by atomic mass is 16.5. The maximum absolute atomic E-state index is 12.8. The Morgan fingerprint density at radius 1 is 1.20 bits per heavy atom. The van der Waals surface area contributed by atoms with E-state index in [4.69, 9.17) is 4.74 Å². The van der Waals surface area contributed by atoms with Crippen LogP contribution in [0.15, 0.2) is 24.3 Å². The minimum Gasteiger partial charge on any atom is -0.469 e. The molecule has 0 bridgehead atoms. The van der Waals surface area contributed by atoms with Crippen LogP contribution >= 0.6 is 0 Å². The highest BCUT2D eigenvalue weighted by Crippen LogP contribution is 2.13. The summed E-state index contributed by atoms with van der Waals surface area (Å²) in [6.45, 7) is 5.22. The minimum atomic E-state index is -0.366. The molecule has 0 aliphatic heterocycles. The summed E-state index contributed by atoms with van der Waals surface area (Å²) in [6.07, 6.45) is 0.800. The predicted molar refractivity (Wildman–Crippen MR) is 94.4 cm³/mol. The number of nitrogens with zero attached hydrogens (tertiary/aromatic N) is 1. The van der Waals surface area contributed by atoms with Gasteiger partial charge in [0.15, 0.2) is 0 Å². The van der Waals surface area contributed by atoms with Gasteiger partial charge in [-0.2, -0.15) is 0 Å². The molecule has 0 aliphatic rings. The lowest BCUT2D eigenvalue weighted by Gasteiger charge is -2.22. The van der Waals surface area contributed by atoms with Crippen LogP contribution in [0.3, 0.4) is 0 Å². The molecular weight excluding hydrogens is 324 g/mol. The number of rotatable bonds is 10. The Hall–Kier alpha value is -2.41. The van der Waals surface area contributed by atoms with E-state index in [0.29, 0.717) is 37.4 Å². The zero-order chi connectivity index (χ0) is 18.7. The van der Waals surface area contributed by atoms with Crippen LogP contribution in [0.5, 0.6) is 0 Å². The highest BCUT2D eigenvalue weighted by molar-refractivity contribution is 5.97. The van der Waals surface area contributed by atoms with Crippen LogP contribution in [0, 0.1) is 0 Å². The summed E-state index contributed by atoms with van der Waals surface area (Å²) < 4.78 is 9.94. The second kappa shape index (κ2) is 11.2. The number of esters is 1. The molecule has 138 valence electrons. The van der Waals surface area contributed by atoms with Crippen LogP contribution in [-0.2, 0) is 19.1 Å². The van der Waals surface area contributed by atoms with E-state index in [1.54, 1.807) is 29.2 Å². The molecule has 0 radical (unpaired) electrons. The quantitative estimate of drug-likeness (QED) is 0.516. The molecule has 0 atom stereocenters. The Balaban J connectivity index is 2.81. The monoisotopic (exact) mass is 350 g/mol. The molecule has 1 rings (SSSR count). The zero-order valence-corrected chi connectivity index (χ0v) is 15.0. The van der Waals surface area contributed by atoms with Crippen molar-refractivity contribution in [1.82, 2.24) is 4.90 Å². The van der Waals surface area contributed by atoms with Gasteiger partial charge in [-0.3, -0.25) is 14.4 Å². The Labute approximate surface area is 148 Å². The third kappa shape index (κ3) is 7.80. The molecule has 0 spiro atoms. The predicted octanol–water partition coefficient (Wildman–Crippen LogP) is 2.08. The third-order valence-electron chi connectivity index (χ3n) is 3.45. The summed E-state index contributed by atoms with van der Waals surface area (Å²) in [4.78, 5) is 36.9. The smallest absolute Gasteiger partial charge is 0.307 e. The second-order valence-electron chi connectivity index (χ2n) is 5.43. The van der Waals surface area contributed by atoms with E-state index in [2.05, 4.69) is 10.1 Å². The van der Waals surface area contributed by atoms with Crippen LogP contribution in [-0.4, -0.2) is 56.1 Å². The van der Waals surface area contributed by atoms with Crippen LogP contribution in [0.1, 0.15) is 37.0 Å². The lowest BCUT2D eigenvalue weighted by atomic mass is 10.1. The summed E-state index contributed by atoms with van der Waals surface area (Å²) in [6, 6.07) is 6.72. The van der Waals surface area contributed by atoms with E-state index in [1.807, 2.05) is 6.92 Å². The SMILES string of the molecule is CCOCCCN(CCC(=O)OC)C(=O)c1cccc(NC(C)=O)c1. The molecule has 7 heteroatoms. The van der Waals surface area contributed by atoms with Gasteiger partial charge in [0.25, 0.3) is 5.91 Å². The molecule has 0 saturated heterocycles. The van der Waals surface area contributed by atoms with Crippen molar-refractivity contribution in [2.45, 2.75) is 26.7 Å². The van der Waals surface area contributed by atoms with Crippen molar-refractivity contribution >= 4 is 23.5 Å². The van der Waals surface area contributed by atoms with E-state index in [0.717, 1.165) is 0 Å². The molecule has 0 unspecified atom stereocenters. The van der Waals surface area contributed by atoms with Crippen molar-refractivity contribution in [3.8, 4) is 0 Å². The van der Waals surface area contributed by atoms with E-state index in [9.17, 15) is 14.4 Å². The summed E-state index contributed by atoms with van der Waals surface area (Å²) in [5.74, 6) is -0.772. The number of carbonyl (C=O) groups excluding carboxylic acids is 3. The van der Waals surface area contributed by atoms with Gasteiger partial charge in [-0.25, -0.2) is 0 Å². The van der Waals surface area contributed by atoms with Gasteiger partial charge >= 0.3 is 5.97 Å². The van der Waals surface area contributed by atoms with E-state index >= 15 is 0 Å².